The highest BCUT2D eigenvalue weighted by molar-refractivity contribution is 5.99. The second-order valence-electron chi connectivity index (χ2n) is 4.90. The molecule has 2 aliphatic rings. The number of nitrogen functional groups attached to an aromatic ring is 1. The number of hydrogen-bond acceptors (Lipinski definition) is 3. The van der Waals surface area contributed by atoms with Crippen LogP contribution in [0, 0.1) is 5.82 Å². The number of morpholine rings is 1. The second-order valence-corrected chi connectivity index (χ2v) is 4.90. The number of ether oxygens (including phenoxy) is 1. The summed E-state index contributed by atoms with van der Waals surface area (Å²) >= 11 is 0. The zero-order valence-corrected chi connectivity index (χ0v) is 9.93. The molecule has 2 atom stereocenters. The summed E-state index contributed by atoms with van der Waals surface area (Å²) in [6.45, 7) is 1.21. The van der Waals surface area contributed by atoms with Crippen LogP contribution < -0.4 is 5.73 Å². The Labute approximate surface area is 105 Å². The molecule has 1 amide bonds. The Kier molecular flexibility index (Phi) is 2.70. The van der Waals surface area contributed by atoms with Crippen LogP contribution in [0.15, 0.2) is 18.2 Å². The van der Waals surface area contributed by atoms with Crippen molar-refractivity contribution in [1.29, 1.82) is 0 Å². The molecule has 5 heteroatoms. The first-order valence-corrected chi connectivity index (χ1v) is 6.13. The molecule has 0 saturated carbocycles. The minimum absolute atomic E-state index is 0.132. The van der Waals surface area contributed by atoms with Crippen molar-refractivity contribution < 1.29 is 13.9 Å². The fraction of sp³-hybridized carbons (Fsp3) is 0.462. The molecule has 2 saturated heterocycles. The van der Waals surface area contributed by atoms with E-state index in [1.54, 1.807) is 4.90 Å². The third kappa shape index (κ3) is 1.95. The summed E-state index contributed by atoms with van der Waals surface area (Å²) in [5.74, 6) is -0.557. The van der Waals surface area contributed by atoms with Gasteiger partial charge in [-0.25, -0.2) is 4.39 Å². The fourth-order valence-corrected chi connectivity index (χ4v) is 2.68. The number of nitrogens with zero attached hydrogens (tertiary/aromatic N) is 1. The third-order valence-electron chi connectivity index (χ3n) is 3.57. The molecular weight excluding hydrogens is 235 g/mol. The zero-order chi connectivity index (χ0) is 12.7. The Bertz CT molecular complexity index is 480. The third-order valence-corrected chi connectivity index (χ3v) is 3.57. The van der Waals surface area contributed by atoms with E-state index in [1.807, 2.05) is 0 Å². The van der Waals surface area contributed by atoms with E-state index in [0.717, 1.165) is 12.8 Å². The van der Waals surface area contributed by atoms with E-state index in [1.165, 1.54) is 18.2 Å². The normalized spacial score (nSPS) is 26.4. The van der Waals surface area contributed by atoms with Gasteiger partial charge in [-0.15, -0.1) is 0 Å². The van der Waals surface area contributed by atoms with Crippen molar-refractivity contribution in [2.45, 2.75) is 25.0 Å². The number of rotatable bonds is 1. The molecule has 0 aliphatic carbocycles. The number of nitrogens with two attached hydrogens (primary N) is 1. The van der Waals surface area contributed by atoms with Crippen LogP contribution in [0.4, 0.5) is 10.1 Å². The van der Waals surface area contributed by atoms with Gasteiger partial charge in [-0.1, -0.05) is 0 Å². The van der Waals surface area contributed by atoms with Crippen LogP contribution in [0.1, 0.15) is 23.2 Å². The maximum absolute atomic E-state index is 13.0. The van der Waals surface area contributed by atoms with E-state index in [-0.39, 0.29) is 23.8 Å². The first kappa shape index (κ1) is 11.5. The van der Waals surface area contributed by atoms with Crippen LogP contribution in [0.5, 0.6) is 0 Å². The lowest BCUT2D eigenvalue weighted by Gasteiger charge is -2.32. The van der Waals surface area contributed by atoms with Crippen LogP contribution in [0.25, 0.3) is 0 Å². The lowest BCUT2D eigenvalue weighted by molar-refractivity contribution is -0.0303. The maximum Gasteiger partial charge on any atom is 0.256 e. The molecule has 0 radical (unpaired) electrons. The predicted octanol–water partition coefficient (Wildman–Crippen LogP) is 1.41. The first-order chi connectivity index (χ1) is 8.63. The van der Waals surface area contributed by atoms with Gasteiger partial charge in [-0.3, -0.25) is 4.79 Å². The molecule has 2 heterocycles. The van der Waals surface area contributed by atoms with E-state index in [0.29, 0.717) is 18.7 Å². The van der Waals surface area contributed by atoms with E-state index in [4.69, 9.17) is 10.5 Å². The maximum atomic E-state index is 13.0. The predicted molar refractivity (Wildman–Crippen MR) is 64.6 cm³/mol. The summed E-state index contributed by atoms with van der Waals surface area (Å²) in [7, 11) is 0. The number of carbonyl (C=O) groups is 1. The van der Waals surface area contributed by atoms with Crippen LogP contribution in [-0.2, 0) is 4.74 Å². The average molecular weight is 250 g/mol. The summed E-state index contributed by atoms with van der Waals surface area (Å²) in [4.78, 5) is 14.1. The molecule has 1 aromatic rings. The Morgan fingerprint density at radius 1 is 1.33 bits per heavy atom. The van der Waals surface area contributed by atoms with Gasteiger partial charge in [-0.05, 0) is 31.0 Å². The molecule has 96 valence electrons. The first-order valence-electron chi connectivity index (χ1n) is 6.13. The summed E-state index contributed by atoms with van der Waals surface area (Å²) in [5, 5.41) is 0. The lowest BCUT2D eigenvalue weighted by atomic mass is 10.1. The minimum atomic E-state index is -0.425. The number of fused-ring (bicyclic) bond motifs is 2. The molecule has 2 fully saturated rings. The molecule has 3 rings (SSSR count). The van der Waals surface area contributed by atoms with Crippen molar-refractivity contribution in [3.8, 4) is 0 Å². The van der Waals surface area contributed by atoms with Crippen molar-refractivity contribution in [3.05, 3.63) is 29.6 Å². The molecule has 2 unspecified atom stereocenters. The van der Waals surface area contributed by atoms with E-state index >= 15 is 0 Å². The highest BCUT2D eigenvalue weighted by Gasteiger charge is 2.36. The number of hydrogen-bond donors (Lipinski definition) is 1. The summed E-state index contributed by atoms with van der Waals surface area (Å²) < 4.78 is 18.6. The number of amides is 1. The fourth-order valence-electron chi connectivity index (χ4n) is 2.68. The molecule has 2 N–H and O–H groups in total. The largest absolute Gasteiger partial charge is 0.398 e. The average Bonchev–Trinajstić information content (AvgIpc) is 2.67. The molecule has 4 nitrogen and oxygen atoms in total. The standard InChI is InChI=1S/C13H15FN2O2/c14-8-1-4-11(12(15)5-8)13(17)16-6-9-2-3-10(7-16)18-9/h1,4-5,9-10H,2-3,6-7,15H2. The molecule has 18 heavy (non-hydrogen) atoms. The van der Waals surface area contributed by atoms with Crippen LogP contribution >= 0.6 is 0 Å². The number of benzene rings is 1. The Morgan fingerprint density at radius 2 is 2.00 bits per heavy atom. The topological polar surface area (TPSA) is 55.6 Å². The monoisotopic (exact) mass is 250 g/mol. The van der Waals surface area contributed by atoms with E-state index in [2.05, 4.69) is 0 Å². The Morgan fingerprint density at radius 3 is 2.61 bits per heavy atom. The Balaban J connectivity index is 1.82. The summed E-state index contributed by atoms with van der Waals surface area (Å²) in [5.41, 5.74) is 6.26. The number of likely N-dealkylation sites (tertiary alicyclic amines) is 1. The summed E-state index contributed by atoms with van der Waals surface area (Å²) in [6, 6.07) is 3.89. The number of anilines is 1. The quantitative estimate of drug-likeness (QED) is 0.767. The van der Waals surface area contributed by atoms with Gasteiger partial charge in [0.2, 0.25) is 0 Å². The molecular formula is C13H15FN2O2. The van der Waals surface area contributed by atoms with Crippen molar-refractivity contribution in [2.75, 3.05) is 18.8 Å². The van der Waals surface area contributed by atoms with Gasteiger partial charge in [0.05, 0.1) is 17.8 Å². The van der Waals surface area contributed by atoms with Crippen LogP contribution in [-0.4, -0.2) is 36.1 Å². The summed E-state index contributed by atoms with van der Waals surface area (Å²) in [6.07, 6.45) is 2.31. The highest BCUT2D eigenvalue weighted by atomic mass is 19.1. The van der Waals surface area contributed by atoms with Crippen molar-refractivity contribution in [2.24, 2.45) is 0 Å². The van der Waals surface area contributed by atoms with Crippen molar-refractivity contribution >= 4 is 11.6 Å². The van der Waals surface area contributed by atoms with Gasteiger partial charge in [-0.2, -0.15) is 0 Å². The molecule has 2 bridgehead atoms. The van der Waals surface area contributed by atoms with Gasteiger partial charge < -0.3 is 15.4 Å². The van der Waals surface area contributed by atoms with Gasteiger partial charge in [0, 0.05) is 18.8 Å². The second kappa shape index (κ2) is 4.24. The smallest absolute Gasteiger partial charge is 0.256 e. The minimum Gasteiger partial charge on any atom is -0.398 e. The molecule has 0 aromatic heterocycles. The molecule has 2 aliphatic heterocycles. The zero-order valence-electron chi connectivity index (χ0n) is 9.93. The number of halogens is 1. The Hall–Kier alpha value is -1.62. The van der Waals surface area contributed by atoms with Crippen molar-refractivity contribution in [3.63, 3.8) is 0 Å². The van der Waals surface area contributed by atoms with Gasteiger partial charge in [0.1, 0.15) is 5.82 Å². The van der Waals surface area contributed by atoms with Gasteiger partial charge in [0.15, 0.2) is 0 Å². The van der Waals surface area contributed by atoms with E-state index < -0.39 is 5.82 Å². The van der Waals surface area contributed by atoms with Crippen LogP contribution in [0.2, 0.25) is 0 Å². The number of carbonyl (C=O) groups excluding carboxylic acids is 1. The molecule has 0 spiro atoms. The highest BCUT2D eigenvalue weighted by Crippen LogP contribution is 2.28. The van der Waals surface area contributed by atoms with E-state index in [9.17, 15) is 9.18 Å². The SMILES string of the molecule is Nc1cc(F)ccc1C(=O)N1CC2CCC(C1)O2. The van der Waals surface area contributed by atoms with Gasteiger partial charge in [0.25, 0.3) is 5.91 Å². The lowest BCUT2D eigenvalue weighted by Crippen LogP contribution is -2.46. The van der Waals surface area contributed by atoms with Gasteiger partial charge >= 0.3 is 0 Å². The molecule has 1 aromatic carbocycles. The van der Waals surface area contributed by atoms with Crippen molar-refractivity contribution in [1.82, 2.24) is 4.90 Å². The van der Waals surface area contributed by atoms with Crippen LogP contribution in [0.3, 0.4) is 0 Å².